The summed E-state index contributed by atoms with van der Waals surface area (Å²) in [5.74, 6) is -0.0912. The summed E-state index contributed by atoms with van der Waals surface area (Å²) in [5, 5.41) is 2.78. The number of imidazole rings is 1. The Kier molecular flexibility index (Phi) is 3.23. The molecular weight excluding hydrogens is 244 g/mol. The monoisotopic (exact) mass is 262 g/mol. The van der Waals surface area contributed by atoms with Crippen LogP contribution in [0.3, 0.4) is 0 Å². The van der Waals surface area contributed by atoms with E-state index < -0.39 is 6.04 Å². The van der Waals surface area contributed by atoms with Gasteiger partial charge in [-0.1, -0.05) is 19.3 Å². The van der Waals surface area contributed by atoms with Crippen LogP contribution in [0.15, 0.2) is 12.5 Å². The highest BCUT2D eigenvalue weighted by molar-refractivity contribution is 6.04. The molecular formula is C13H18N4O2. The minimum Gasteiger partial charge on any atom is -0.348 e. The van der Waals surface area contributed by atoms with Crippen LogP contribution in [0, 0.1) is 0 Å². The lowest BCUT2D eigenvalue weighted by Gasteiger charge is -2.28. The number of nitrogens with zero attached hydrogens (tertiary/aromatic N) is 2. The van der Waals surface area contributed by atoms with Crippen LogP contribution in [-0.2, 0) is 11.2 Å². The molecule has 0 radical (unpaired) electrons. The highest BCUT2D eigenvalue weighted by Crippen LogP contribution is 2.25. The number of nitrogens with one attached hydrogen (secondary N) is 2. The molecule has 1 aromatic rings. The molecule has 1 atom stereocenters. The van der Waals surface area contributed by atoms with Crippen LogP contribution in [0.5, 0.6) is 0 Å². The first-order valence-corrected chi connectivity index (χ1v) is 6.86. The molecule has 1 aromatic heterocycles. The summed E-state index contributed by atoms with van der Waals surface area (Å²) in [6.45, 7) is 0. The molecule has 2 N–H and O–H groups in total. The number of amides is 3. The van der Waals surface area contributed by atoms with Crippen LogP contribution in [0.1, 0.15) is 37.8 Å². The van der Waals surface area contributed by atoms with E-state index in [1.54, 1.807) is 12.5 Å². The van der Waals surface area contributed by atoms with Crippen LogP contribution in [0.25, 0.3) is 0 Å². The molecule has 0 aromatic carbocycles. The van der Waals surface area contributed by atoms with Crippen molar-refractivity contribution in [2.24, 2.45) is 0 Å². The van der Waals surface area contributed by atoms with Gasteiger partial charge in [0.25, 0.3) is 5.91 Å². The number of hydrogen-bond acceptors (Lipinski definition) is 3. The standard InChI is InChI=1S/C13H18N4O2/c18-12-11(6-9-7-14-8-15-9)16-13(19)17(12)10-4-2-1-3-5-10/h7-8,10-11H,1-6H2,(H,14,15)(H,16,19). The largest absolute Gasteiger partial charge is 0.348 e. The van der Waals surface area contributed by atoms with E-state index in [-0.39, 0.29) is 18.0 Å². The second kappa shape index (κ2) is 5.03. The number of H-pyrrole nitrogens is 1. The Morgan fingerprint density at radius 3 is 2.74 bits per heavy atom. The lowest BCUT2D eigenvalue weighted by molar-refractivity contribution is -0.129. The molecule has 19 heavy (non-hydrogen) atoms. The first kappa shape index (κ1) is 12.2. The van der Waals surface area contributed by atoms with Crippen molar-refractivity contribution in [1.82, 2.24) is 20.2 Å². The van der Waals surface area contributed by atoms with E-state index in [1.165, 1.54) is 11.3 Å². The molecule has 1 saturated heterocycles. The third-order valence-electron chi connectivity index (χ3n) is 3.97. The fraction of sp³-hybridized carbons (Fsp3) is 0.615. The van der Waals surface area contributed by atoms with Crippen molar-refractivity contribution in [3.8, 4) is 0 Å². The van der Waals surface area contributed by atoms with Gasteiger partial charge in [0, 0.05) is 24.4 Å². The van der Waals surface area contributed by atoms with Gasteiger partial charge in [0.1, 0.15) is 6.04 Å². The van der Waals surface area contributed by atoms with E-state index in [0.717, 1.165) is 31.4 Å². The predicted molar refractivity (Wildman–Crippen MR) is 68.3 cm³/mol. The van der Waals surface area contributed by atoms with E-state index >= 15 is 0 Å². The van der Waals surface area contributed by atoms with Crippen molar-refractivity contribution in [3.63, 3.8) is 0 Å². The maximum absolute atomic E-state index is 12.3. The van der Waals surface area contributed by atoms with Crippen LogP contribution in [0.4, 0.5) is 4.79 Å². The molecule has 2 aliphatic rings. The Morgan fingerprint density at radius 2 is 2.05 bits per heavy atom. The molecule has 2 heterocycles. The van der Waals surface area contributed by atoms with Crippen molar-refractivity contribution in [3.05, 3.63) is 18.2 Å². The summed E-state index contributed by atoms with van der Waals surface area (Å²) in [6, 6.07) is -0.593. The zero-order valence-corrected chi connectivity index (χ0v) is 10.8. The molecule has 1 unspecified atom stereocenters. The average Bonchev–Trinajstić information content (AvgIpc) is 3.01. The van der Waals surface area contributed by atoms with Gasteiger partial charge in [0.05, 0.1) is 6.33 Å². The Bertz CT molecular complexity index is 465. The Balaban J connectivity index is 1.69. The first-order chi connectivity index (χ1) is 9.25. The second-order valence-electron chi connectivity index (χ2n) is 5.28. The predicted octanol–water partition coefficient (Wildman–Crippen LogP) is 1.21. The van der Waals surface area contributed by atoms with Gasteiger partial charge in [0.2, 0.25) is 0 Å². The second-order valence-corrected chi connectivity index (χ2v) is 5.28. The van der Waals surface area contributed by atoms with Gasteiger partial charge in [-0.25, -0.2) is 9.78 Å². The molecule has 1 aliphatic carbocycles. The van der Waals surface area contributed by atoms with Gasteiger partial charge in [-0.05, 0) is 12.8 Å². The number of hydrogen-bond donors (Lipinski definition) is 2. The third kappa shape index (κ3) is 2.34. The SMILES string of the molecule is O=C1NC(Cc2cnc[nH]2)C(=O)N1C1CCCCC1. The van der Waals surface area contributed by atoms with Gasteiger partial charge >= 0.3 is 6.03 Å². The number of carbonyl (C=O) groups excluding carboxylic acids is 2. The molecule has 6 nitrogen and oxygen atoms in total. The van der Waals surface area contributed by atoms with Crippen molar-refractivity contribution in [2.45, 2.75) is 50.6 Å². The fourth-order valence-corrected chi connectivity index (χ4v) is 2.99. The first-order valence-electron chi connectivity index (χ1n) is 6.86. The molecule has 1 saturated carbocycles. The molecule has 1 aliphatic heterocycles. The normalized spacial score (nSPS) is 24.8. The maximum Gasteiger partial charge on any atom is 0.325 e. The van der Waals surface area contributed by atoms with E-state index in [1.807, 2.05) is 0 Å². The van der Waals surface area contributed by atoms with Crippen molar-refractivity contribution in [1.29, 1.82) is 0 Å². The Hall–Kier alpha value is -1.85. The number of urea groups is 1. The van der Waals surface area contributed by atoms with Gasteiger partial charge in [0.15, 0.2) is 0 Å². The van der Waals surface area contributed by atoms with E-state index in [9.17, 15) is 9.59 Å². The quantitative estimate of drug-likeness (QED) is 0.804. The summed E-state index contributed by atoms with van der Waals surface area (Å²) in [6.07, 6.45) is 9.04. The lowest BCUT2D eigenvalue weighted by atomic mass is 9.94. The van der Waals surface area contributed by atoms with Gasteiger partial charge in [-0.2, -0.15) is 0 Å². The lowest BCUT2D eigenvalue weighted by Crippen LogP contribution is -2.42. The van der Waals surface area contributed by atoms with Gasteiger partial charge in [-0.3, -0.25) is 9.69 Å². The minimum atomic E-state index is -0.449. The van der Waals surface area contributed by atoms with E-state index in [0.29, 0.717) is 6.42 Å². The summed E-state index contributed by atoms with van der Waals surface area (Å²) < 4.78 is 0. The topological polar surface area (TPSA) is 78.1 Å². The number of aromatic amines is 1. The van der Waals surface area contributed by atoms with Crippen molar-refractivity contribution in [2.75, 3.05) is 0 Å². The number of aromatic nitrogens is 2. The summed E-state index contributed by atoms with van der Waals surface area (Å²) >= 11 is 0. The fourth-order valence-electron chi connectivity index (χ4n) is 2.99. The Morgan fingerprint density at radius 1 is 1.26 bits per heavy atom. The molecule has 2 fully saturated rings. The average molecular weight is 262 g/mol. The zero-order chi connectivity index (χ0) is 13.2. The zero-order valence-electron chi connectivity index (χ0n) is 10.8. The Labute approximate surface area is 111 Å². The van der Waals surface area contributed by atoms with Crippen molar-refractivity contribution < 1.29 is 9.59 Å². The van der Waals surface area contributed by atoms with Gasteiger partial charge in [-0.15, -0.1) is 0 Å². The summed E-state index contributed by atoms with van der Waals surface area (Å²) in [4.78, 5) is 32.7. The molecule has 6 heteroatoms. The van der Waals surface area contributed by atoms with E-state index in [4.69, 9.17) is 0 Å². The highest BCUT2D eigenvalue weighted by atomic mass is 16.2. The molecule has 3 amide bonds. The van der Waals surface area contributed by atoms with Crippen LogP contribution < -0.4 is 5.32 Å². The van der Waals surface area contributed by atoms with Crippen LogP contribution >= 0.6 is 0 Å². The van der Waals surface area contributed by atoms with Crippen LogP contribution in [-0.4, -0.2) is 38.9 Å². The number of imide groups is 1. The van der Waals surface area contributed by atoms with Crippen LogP contribution in [0.2, 0.25) is 0 Å². The molecule has 3 rings (SSSR count). The van der Waals surface area contributed by atoms with E-state index in [2.05, 4.69) is 15.3 Å². The summed E-state index contributed by atoms with van der Waals surface area (Å²) in [7, 11) is 0. The maximum atomic E-state index is 12.3. The minimum absolute atomic E-state index is 0.0908. The number of rotatable bonds is 3. The number of carbonyl (C=O) groups is 2. The van der Waals surface area contributed by atoms with Crippen molar-refractivity contribution >= 4 is 11.9 Å². The molecule has 0 bridgehead atoms. The van der Waals surface area contributed by atoms with Gasteiger partial charge < -0.3 is 10.3 Å². The molecule has 0 spiro atoms. The molecule has 102 valence electrons. The summed E-state index contributed by atoms with van der Waals surface area (Å²) in [5.41, 5.74) is 0.865. The highest BCUT2D eigenvalue weighted by Gasteiger charge is 2.42. The third-order valence-corrected chi connectivity index (χ3v) is 3.97. The smallest absolute Gasteiger partial charge is 0.325 e.